The fraction of sp³-hybridized carbons (Fsp3) is 0.448. The number of aromatic nitrogens is 4. The van der Waals surface area contributed by atoms with Crippen molar-refractivity contribution in [3.8, 4) is 5.75 Å². The maximum Gasteiger partial charge on any atom is 0.323 e. The molecule has 1 saturated heterocycles. The Morgan fingerprint density at radius 1 is 1.24 bits per heavy atom. The van der Waals surface area contributed by atoms with Gasteiger partial charge in [0.1, 0.15) is 29.3 Å². The van der Waals surface area contributed by atoms with E-state index in [0.717, 1.165) is 10.8 Å². The summed E-state index contributed by atoms with van der Waals surface area (Å²) in [7, 11) is 1.69. The Labute approximate surface area is 269 Å². The van der Waals surface area contributed by atoms with Gasteiger partial charge in [-0.05, 0) is 51.0 Å². The number of aryl methyl sites for hydroxylation is 1. The molecule has 1 aliphatic rings. The standard InChI is InChI=1S/C29H35ClFN6O6PS/c1-16(2)41-28(39)17(3)36-44(45,43-21-12-8-10-19-9-6-7-11-20(19)21)40-14-29(13-30)24(38)22(31)27(42-29)37-15-33-23-25(32-5)34-18(4)35-26(23)37/h6-12,15-17,22,24,27,38H,13-14H2,1-5H3,(H,36,45)(H,32,34,35)/t17-,22-,24-,27+,29+,44+/m0/s1. The first-order valence-corrected chi connectivity index (χ1v) is 17.4. The summed E-state index contributed by atoms with van der Waals surface area (Å²) in [5.74, 6) is 0.365. The fourth-order valence-corrected chi connectivity index (χ4v) is 7.74. The van der Waals surface area contributed by atoms with Crippen molar-refractivity contribution in [2.45, 2.75) is 63.9 Å². The molecule has 5 rings (SSSR count). The summed E-state index contributed by atoms with van der Waals surface area (Å²) in [6.45, 7) is 2.62. The number of hydrogen-bond donors (Lipinski definition) is 3. The van der Waals surface area contributed by atoms with E-state index >= 15 is 4.39 Å². The molecule has 242 valence electrons. The molecule has 0 spiro atoms. The number of alkyl halides is 2. The van der Waals surface area contributed by atoms with Gasteiger partial charge >= 0.3 is 12.6 Å². The van der Waals surface area contributed by atoms with Crippen LogP contribution in [-0.2, 0) is 30.6 Å². The lowest BCUT2D eigenvalue weighted by Crippen LogP contribution is -2.48. The number of hydrogen-bond acceptors (Lipinski definition) is 11. The second kappa shape index (κ2) is 13.4. The van der Waals surface area contributed by atoms with E-state index in [9.17, 15) is 9.90 Å². The third-order valence-electron chi connectivity index (χ3n) is 7.24. The summed E-state index contributed by atoms with van der Waals surface area (Å²) in [5.41, 5.74) is -1.05. The average Bonchev–Trinajstić information content (AvgIpc) is 3.54. The number of fused-ring (bicyclic) bond motifs is 2. The lowest BCUT2D eigenvalue weighted by molar-refractivity contribution is -0.149. The first-order valence-electron chi connectivity index (χ1n) is 14.3. The van der Waals surface area contributed by atoms with Gasteiger partial charge in [0, 0.05) is 12.4 Å². The molecule has 6 atom stereocenters. The van der Waals surface area contributed by atoms with E-state index in [1.54, 1.807) is 46.9 Å². The van der Waals surface area contributed by atoms with Gasteiger partial charge in [0.25, 0.3) is 0 Å². The summed E-state index contributed by atoms with van der Waals surface area (Å²) in [4.78, 5) is 25.8. The van der Waals surface area contributed by atoms with Crippen LogP contribution >= 0.6 is 18.2 Å². The number of esters is 1. The summed E-state index contributed by atoms with van der Waals surface area (Å²) >= 11 is 12.3. The van der Waals surface area contributed by atoms with E-state index in [-0.39, 0.29) is 12.0 Å². The first kappa shape index (κ1) is 33.4. The summed E-state index contributed by atoms with van der Waals surface area (Å²) in [6.07, 6.45) is -4.02. The fourth-order valence-electron chi connectivity index (χ4n) is 5.00. The number of carbonyl (C=O) groups is 1. The van der Waals surface area contributed by atoms with Crippen LogP contribution in [0.15, 0.2) is 48.8 Å². The van der Waals surface area contributed by atoms with Crippen LogP contribution in [0.1, 0.15) is 32.8 Å². The van der Waals surface area contributed by atoms with E-state index < -0.39 is 49.4 Å². The van der Waals surface area contributed by atoms with E-state index in [1.807, 2.05) is 30.3 Å². The zero-order chi connectivity index (χ0) is 32.5. The molecule has 0 saturated carbocycles. The highest BCUT2D eigenvalue weighted by atomic mass is 35.5. The van der Waals surface area contributed by atoms with Gasteiger partial charge in [-0.1, -0.05) is 36.4 Å². The van der Waals surface area contributed by atoms with Crippen LogP contribution < -0.4 is 14.9 Å². The lowest BCUT2D eigenvalue weighted by atomic mass is 9.99. The Morgan fingerprint density at radius 2 is 1.98 bits per heavy atom. The largest absolute Gasteiger partial charge is 0.462 e. The lowest BCUT2D eigenvalue weighted by Gasteiger charge is -2.33. The third-order valence-corrected chi connectivity index (χ3v) is 10.2. The Kier molecular flexibility index (Phi) is 9.95. The molecule has 16 heteroatoms. The molecule has 2 aromatic carbocycles. The molecule has 12 nitrogen and oxygen atoms in total. The van der Waals surface area contributed by atoms with E-state index in [0.29, 0.717) is 28.6 Å². The topological polar surface area (TPSA) is 142 Å². The monoisotopic (exact) mass is 680 g/mol. The summed E-state index contributed by atoms with van der Waals surface area (Å²) < 4.78 is 41.3. The van der Waals surface area contributed by atoms with Gasteiger partial charge in [-0.2, -0.15) is 0 Å². The number of imidazole rings is 1. The quantitative estimate of drug-likeness (QED) is 0.108. The van der Waals surface area contributed by atoms with Crippen molar-refractivity contribution in [1.29, 1.82) is 0 Å². The third kappa shape index (κ3) is 6.78. The number of nitrogens with one attached hydrogen (secondary N) is 2. The first-order chi connectivity index (χ1) is 21.4. The predicted molar refractivity (Wildman–Crippen MR) is 173 cm³/mol. The number of benzene rings is 2. The molecule has 0 unspecified atom stereocenters. The summed E-state index contributed by atoms with van der Waals surface area (Å²) in [6, 6.07) is 12.0. The van der Waals surface area contributed by atoms with Gasteiger partial charge < -0.3 is 28.9 Å². The number of carbonyl (C=O) groups excluding carboxylic acids is 1. The van der Waals surface area contributed by atoms with Gasteiger partial charge in [-0.3, -0.25) is 9.36 Å². The highest BCUT2D eigenvalue weighted by Crippen LogP contribution is 2.50. The van der Waals surface area contributed by atoms with E-state index in [4.69, 9.17) is 41.9 Å². The van der Waals surface area contributed by atoms with E-state index in [1.165, 1.54) is 10.9 Å². The number of rotatable bonds is 12. The van der Waals surface area contributed by atoms with Crippen molar-refractivity contribution in [1.82, 2.24) is 24.6 Å². The number of nitrogens with zero attached hydrogens (tertiary/aromatic N) is 4. The number of anilines is 1. The van der Waals surface area contributed by atoms with Gasteiger partial charge in [0.2, 0.25) is 0 Å². The molecule has 3 N–H and O–H groups in total. The maximum atomic E-state index is 15.9. The molecular weight excluding hydrogens is 646 g/mol. The maximum absolute atomic E-state index is 15.9. The molecule has 4 aromatic rings. The zero-order valence-electron chi connectivity index (χ0n) is 25.3. The molecule has 0 amide bonds. The van der Waals surface area contributed by atoms with Crippen molar-refractivity contribution in [2.24, 2.45) is 0 Å². The molecule has 1 fully saturated rings. The number of aliphatic hydroxyl groups excluding tert-OH is 1. The van der Waals surface area contributed by atoms with Gasteiger partial charge in [-0.25, -0.2) is 24.4 Å². The van der Waals surface area contributed by atoms with Gasteiger partial charge in [0.05, 0.1) is 24.9 Å². The molecule has 0 aliphatic carbocycles. The van der Waals surface area contributed by atoms with Crippen molar-refractivity contribution in [2.75, 3.05) is 24.9 Å². The molecule has 1 aliphatic heterocycles. The Balaban J connectivity index is 1.45. The minimum atomic E-state index is -3.63. The Hall–Kier alpha value is -2.97. The number of ether oxygens (including phenoxy) is 2. The number of halogens is 2. The highest BCUT2D eigenvalue weighted by molar-refractivity contribution is 8.09. The van der Waals surface area contributed by atoms with Gasteiger partial charge in [0.15, 0.2) is 29.4 Å². The van der Waals surface area contributed by atoms with Crippen molar-refractivity contribution < 1.29 is 32.8 Å². The Bertz CT molecular complexity index is 1740. The van der Waals surface area contributed by atoms with Crippen LogP contribution in [-0.4, -0.2) is 80.2 Å². The molecular formula is C29H35ClFN6O6PS. The molecule has 0 bridgehead atoms. The highest BCUT2D eigenvalue weighted by Gasteiger charge is 2.57. The SMILES string of the molecule is CNc1nc(C)nc2c1ncn2[C@@H]1O[C@](CCl)(CO[P@](=S)(N[C@@H](C)C(=O)OC(C)C)Oc2cccc3ccccc23)[C@@H](O)[C@@H]1F. The smallest absolute Gasteiger partial charge is 0.323 e. The van der Waals surface area contributed by atoms with E-state index in [2.05, 4.69) is 25.4 Å². The average molecular weight is 681 g/mol. The van der Waals surface area contributed by atoms with Crippen LogP contribution in [0.3, 0.4) is 0 Å². The van der Waals surface area contributed by atoms with Gasteiger partial charge in [-0.15, -0.1) is 11.6 Å². The van der Waals surface area contributed by atoms with Crippen molar-refractivity contribution in [3.05, 3.63) is 54.6 Å². The minimum Gasteiger partial charge on any atom is -0.462 e. The second-order valence-electron chi connectivity index (χ2n) is 11.0. The molecule has 2 aromatic heterocycles. The predicted octanol–water partition coefficient (Wildman–Crippen LogP) is 4.78. The number of aliphatic hydroxyl groups is 1. The molecule has 45 heavy (non-hydrogen) atoms. The van der Waals surface area contributed by atoms with Crippen molar-refractivity contribution >= 4 is 63.8 Å². The van der Waals surface area contributed by atoms with Crippen molar-refractivity contribution in [3.63, 3.8) is 0 Å². The van der Waals surface area contributed by atoms with Crippen LogP contribution in [0.25, 0.3) is 21.9 Å². The Morgan fingerprint density at radius 3 is 2.69 bits per heavy atom. The van der Waals surface area contributed by atoms with Crippen LogP contribution in [0.5, 0.6) is 5.75 Å². The minimum absolute atomic E-state index is 0.307. The normalized spacial score (nSPS) is 23.7. The van der Waals surface area contributed by atoms with Crippen LogP contribution in [0.2, 0.25) is 0 Å². The van der Waals surface area contributed by atoms with Crippen LogP contribution in [0.4, 0.5) is 10.2 Å². The second-order valence-corrected chi connectivity index (χ2v) is 14.4. The zero-order valence-corrected chi connectivity index (χ0v) is 27.8. The molecule has 0 radical (unpaired) electrons. The molecule has 3 heterocycles. The van der Waals surface area contributed by atoms with Crippen LogP contribution in [0, 0.1) is 6.92 Å². The summed E-state index contributed by atoms with van der Waals surface area (Å²) in [5, 5.41) is 18.8.